The van der Waals surface area contributed by atoms with Gasteiger partial charge in [-0.2, -0.15) is 0 Å². The van der Waals surface area contributed by atoms with Crippen molar-refractivity contribution in [1.29, 1.82) is 0 Å². The van der Waals surface area contributed by atoms with Crippen LogP contribution in [0.1, 0.15) is 42.9 Å². The maximum atomic E-state index is 11.9. The van der Waals surface area contributed by atoms with Crippen LogP contribution < -0.4 is 15.5 Å². The number of hydrogen-bond donors (Lipinski definition) is 3. The van der Waals surface area contributed by atoms with Crippen molar-refractivity contribution >= 4 is 17.5 Å². The summed E-state index contributed by atoms with van der Waals surface area (Å²) in [6.07, 6.45) is 4.21. The second-order valence-corrected chi connectivity index (χ2v) is 6.74. The Labute approximate surface area is 142 Å². The molecular formula is C18H25N3O3. The topological polar surface area (TPSA) is 81.7 Å². The minimum atomic E-state index is -0.815. The largest absolute Gasteiger partial charge is 0.387 e. The lowest BCUT2D eigenvalue weighted by Crippen LogP contribution is -2.44. The van der Waals surface area contributed by atoms with Gasteiger partial charge in [0.2, 0.25) is 0 Å². The van der Waals surface area contributed by atoms with Crippen molar-refractivity contribution in [2.45, 2.75) is 44.2 Å². The molecule has 1 atom stereocenters. The van der Waals surface area contributed by atoms with E-state index in [4.69, 9.17) is 0 Å². The number of amides is 2. The number of fused-ring (bicyclic) bond motifs is 1. The average Bonchev–Trinajstić information content (AvgIpc) is 3.22. The van der Waals surface area contributed by atoms with Gasteiger partial charge in [-0.3, -0.25) is 9.59 Å². The molecule has 1 aromatic carbocycles. The highest BCUT2D eigenvalue weighted by atomic mass is 16.3. The summed E-state index contributed by atoms with van der Waals surface area (Å²) in [4.78, 5) is 25.9. The minimum Gasteiger partial charge on any atom is -0.387 e. The Morgan fingerprint density at radius 3 is 2.79 bits per heavy atom. The van der Waals surface area contributed by atoms with E-state index in [1.165, 1.54) is 11.3 Å². The summed E-state index contributed by atoms with van der Waals surface area (Å²) in [5.41, 5.74) is 3.16. The zero-order valence-electron chi connectivity index (χ0n) is 14.0. The van der Waals surface area contributed by atoms with Gasteiger partial charge in [0.1, 0.15) is 0 Å². The van der Waals surface area contributed by atoms with Crippen LogP contribution in [0.25, 0.3) is 0 Å². The third-order valence-corrected chi connectivity index (χ3v) is 4.97. The summed E-state index contributed by atoms with van der Waals surface area (Å²) < 4.78 is 0. The summed E-state index contributed by atoms with van der Waals surface area (Å²) in [7, 11) is 2.05. The monoisotopic (exact) mass is 331 g/mol. The smallest absolute Gasteiger partial charge is 0.309 e. The standard InChI is InChI=1S/C18H25N3O3/c1-21-9-8-12-10-13(6-7-15(12)21)16(22)11-19-17(23)18(24)20-14-4-2-3-5-14/h6-7,10,14,16,22H,2-5,8-9,11H2,1H3,(H,19,23)(H,20,24). The lowest BCUT2D eigenvalue weighted by atomic mass is 10.0. The van der Waals surface area contributed by atoms with E-state index >= 15 is 0 Å². The van der Waals surface area contributed by atoms with Crippen LogP contribution in [0, 0.1) is 0 Å². The normalized spacial score (nSPS) is 18.3. The molecular weight excluding hydrogens is 306 g/mol. The van der Waals surface area contributed by atoms with Gasteiger partial charge in [0.25, 0.3) is 0 Å². The Hall–Kier alpha value is -2.08. The van der Waals surface area contributed by atoms with Gasteiger partial charge in [-0.15, -0.1) is 0 Å². The van der Waals surface area contributed by atoms with Gasteiger partial charge in [-0.05, 0) is 36.5 Å². The summed E-state index contributed by atoms with van der Waals surface area (Å²) in [6.45, 7) is 1.01. The Kier molecular flexibility index (Phi) is 5.04. The fourth-order valence-electron chi connectivity index (χ4n) is 3.50. The van der Waals surface area contributed by atoms with E-state index in [0.717, 1.165) is 44.2 Å². The molecule has 2 aliphatic rings. The van der Waals surface area contributed by atoms with E-state index in [-0.39, 0.29) is 12.6 Å². The van der Waals surface area contributed by atoms with E-state index in [0.29, 0.717) is 0 Å². The molecule has 0 aromatic heterocycles. The highest BCUT2D eigenvalue weighted by Gasteiger charge is 2.22. The van der Waals surface area contributed by atoms with Crippen molar-refractivity contribution in [3.8, 4) is 0 Å². The zero-order valence-corrected chi connectivity index (χ0v) is 14.0. The maximum Gasteiger partial charge on any atom is 0.309 e. The number of benzene rings is 1. The van der Waals surface area contributed by atoms with Crippen LogP contribution in [0.2, 0.25) is 0 Å². The fraction of sp³-hybridized carbons (Fsp3) is 0.556. The Bertz CT molecular complexity index is 626. The zero-order chi connectivity index (χ0) is 17.1. The number of aliphatic hydroxyl groups is 1. The summed E-state index contributed by atoms with van der Waals surface area (Å²) in [5.74, 6) is -1.29. The van der Waals surface area contributed by atoms with Gasteiger partial charge in [0, 0.05) is 31.9 Å². The number of likely N-dealkylation sites (N-methyl/N-ethyl adjacent to an activating group) is 1. The molecule has 1 aliphatic carbocycles. The second-order valence-electron chi connectivity index (χ2n) is 6.74. The number of rotatable bonds is 4. The molecule has 1 unspecified atom stereocenters. The molecule has 130 valence electrons. The molecule has 24 heavy (non-hydrogen) atoms. The van der Waals surface area contributed by atoms with Gasteiger partial charge in [0.05, 0.1) is 6.10 Å². The van der Waals surface area contributed by atoms with Crippen molar-refractivity contribution in [2.75, 3.05) is 25.0 Å². The van der Waals surface area contributed by atoms with E-state index in [1.807, 2.05) is 25.2 Å². The molecule has 3 rings (SSSR count). The predicted molar refractivity (Wildman–Crippen MR) is 91.8 cm³/mol. The first kappa shape index (κ1) is 16.8. The van der Waals surface area contributed by atoms with E-state index in [1.54, 1.807) is 0 Å². The van der Waals surface area contributed by atoms with Crippen LogP contribution in [0.4, 0.5) is 5.69 Å². The third-order valence-electron chi connectivity index (χ3n) is 4.97. The van der Waals surface area contributed by atoms with Gasteiger partial charge in [-0.25, -0.2) is 0 Å². The van der Waals surface area contributed by atoms with Gasteiger partial charge in [-0.1, -0.05) is 25.0 Å². The lowest BCUT2D eigenvalue weighted by molar-refractivity contribution is -0.139. The number of carbonyl (C=O) groups excluding carboxylic acids is 2. The van der Waals surface area contributed by atoms with Gasteiger partial charge >= 0.3 is 11.8 Å². The van der Waals surface area contributed by atoms with Gasteiger partial charge < -0.3 is 20.6 Å². The van der Waals surface area contributed by atoms with E-state index in [2.05, 4.69) is 15.5 Å². The Balaban J connectivity index is 1.50. The first-order valence-corrected chi connectivity index (χ1v) is 8.65. The highest BCUT2D eigenvalue weighted by molar-refractivity contribution is 6.35. The van der Waals surface area contributed by atoms with Crippen molar-refractivity contribution in [2.24, 2.45) is 0 Å². The Morgan fingerprint density at radius 1 is 1.29 bits per heavy atom. The molecule has 1 aliphatic heterocycles. The van der Waals surface area contributed by atoms with Crippen LogP contribution in [0.5, 0.6) is 0 Å². The molecule has 3 N–H and O–H groups in total. The first-order chi connectivity index (χ1) is 11.5. The molecule has 1 aromatic rings. The highest BCUT2D eigenvalue weighted by Crippen LogP contribution is 2.29. The molecule has 0 bridgehead atoms. The summed E-state index contributed by atoms with van der Waals surface area (Å²) >= 11 is 0. The minimum absolute atomic E-state index is 0.0333. The van der Waals surface area contributed by atoms with E-state index in [9.17, 15) is 14.7 Å². The molecule has 0 saturated heterocycles. The quantitative estimate of drug-likeness (QED) is 0.716. The SMILES string of the molecule is CN1CCc2cc(C(O)CNC(=O)C(=O)NC3CCCC3)ccc21. The van der Waals surface area contributed by atoms with Crippen LogP contribution in [0.3, 0.4) is 0 Å². The molecule has 1 saturated carbocycles. The van der Waals surface area contributed by atoms with Crippen LogP contribution in [-0.2, 0) is 16.0 Å². The van der Waals surface area contributed by atoms with Crippen molar-refractivity contribution in [3.05, 3.63) is 29.3 Å². The average molecular weight is 331 g/mol. The van der Waals surface area contributed by atoms with E-state index < -0.39 is 17.9 Å². The number of hydrogen-bond acceptors (Lipinski definition) is 4. The molecule has 6 heteroatoms. The molecule has 2 amide bonds. The van der Waals surface area contributed by atoms with Crippen molar-refractivity contribution in [1.82, 2.24) is 10.6 Å². The van der Waals surface area contributed by atoms with Crippen molar-refractivity contribution in [3.63, 3.8) is 0 Å². The molecule has 0 spiro atoms. The lowest BCUT2D eigenvalue weighted by Gasteiger charge is -2.16. The van der Waals surface area contributed by atoms with Gasteiger partial charge in [0.15, 0.2) is 0 Å². The number of carbonyl (C=O) groups is 2. The van der Waals surface area contributed by atoms with Crippen molar-refractivity contribution < 1.29 is 14.7 Å². The molecule has 1 fully saturated rings. The molecule has 6 nitrogen and oxygen atoms in total. The second kappa shape index (κ2) is 7.21. The predicted octanol–water partition coefficient (Wildman–Crippen LogP) is 0.887. The number of nitrogens with one attached hydrogen (secondary N) is 2. The van der Waals surface area contributed by atoms with Crippen LogP contribution in [-0.4, -0.2) is 43.1 Å². The van der Waals surface area contributed by atoms with Crippen LogP contribution in [0.15, 0.2) is 18.2 Å². The third kappa shape index (κ3) is 3.70. The number of nitrogens with zero attached hydrogens (tertiary/aromatic N) is 1. The number of aliphatic hydroxyl groups excluding tert-OH is 1. The fourth-order valence-corrected chi connectivity index (χ4v) is 3.50. The molecule has 0 radical (unpaired) electrons. The maximum absolute atomic E-state index is 11.9. The molecule has 1 heterocycles. The summed E-state index contributed by atoms with van der Waals surface area (Å²) in [5, 5.41) is 15.5. The van der Waals surface area contributed by atoms with Crippen LogP contribution >= 0.6 is 0 Å². The summed E-state index contributed by atoms with van der Waals surface area (Å²) in [6, 6.07) is 5.96. The number of anilines is 1. The Morgan fingerprint density at radius 2 is 2.04 bits per heavy atom. The first-order valence-electron chi connectivity index (χ1n) is 8.65.